The molecule has 1 amide bonds. The molecule has 0 aliphatic rings. The monoisotopic (exact) mass is 372 g/mol. The Morgan fingerprint density at radius 1 is 1.27 bits per heavy atom. The third kappa shape index (κ3) is 4.50. The molecular weight excluding hydrogens is 352 g/mol. The van der Waals surface area contributed by atoms with E-state index in [1.165, 1.54) is 0 Å². The Balaban J connectivity index is 1.51. The van der Waals surface area contributed by atoms with Crippen LogP contribution in [-0.4, -0.2) is 42.4 Å². The lowest BCUT2D eigenvalue weighted by molar-refractivity contribution is 0.0843. The van der Waals surface area contributed by atoms with Gasteiger partial charge in [-0.1, -0.05) is 6.07 Å². The average Bonchev–Trinajstić information content (AvgIpc) is 3.03. The molecule has 136 valence electrons. The van der Waals surface area contributed by atoms with Crippen LogP contribution >= 0.6 is 11.3 Å². The third-order valence-corrected chi connectivity index (χ3v) is 4.67. The summed E-state index contributed by atoms with van der Waals surface area (Å²) in [4.78, 5) is 16.6. The van der Waals surface area contributed by atoms with Crippen LogP contribution in [0.2, 0.25) is 0 Å². The molecule has 0 bridgehead atoms. The summed E-state index contributed by atoms with van der Waals surface area (Å²) in [6.07, 6.45) is -0.820. The predicted molar refractivity (Wildman–Crippen MR) is 101 cm³/mol. The van der Waals surface area contributed by atoms with Crippen LogP contribution in [0.15, 0.2) is 42.5 Å². The lowest BCUT2D eigenvalue weighted by Crippen LogP contribution is -2.35. The smallest absolute Gasteiger partial charge is 0.251 e. The van der Waals surface area contributed by atoms with Crippen molar-refractivity contribution >= 4 is 27.5 Å². The largest absolute Gasteiger partial charge is 0.497 e. The van der Waals surface area contributed by atoms with E-state index in [9.17, 15) is 9.90 Å². The van der Waals surface area contributed by atoms with E-state index in [-0.39, 0.29) is 19.1 Å². The van der Waals surface area contributed by atoms with Gasteiger partial charge in [0, 0.05) is 18.2 Å². The minimum atomic E-state index is -0.820. The van der Waals surface area contributed by atoms with Gasteiger partial charge in [-0.15, -0.1) is 11.3 Å². The van der Waals surface area contributed by atoms with E-state index in [4.69, 9.17) is 9.47 Å². The first-order valence-corrected chi connectivity index (χ1v) is 8.97. The summed E-state index contributed by atoms with van der Waals surface area (Å²) in [6, 6.07) is 12.5. The van der Waals surface area contributed by atoms with Gasteiger partial charge in [0.05, 0.1) is 22.3 Å². The number of fused-ring (bicyclic) bond motifs is 1. The molecule has 26 heavy (non-hydrogen) atoms. The number of carbonyl (C=O) groups is 1. The number of nitrogens with zero attached hydrogens (tertiary/aromatic N) is 1. The Morgan fingerprint density at radius 2 is 2.08 bits per heavy atom. The lowest BCUT2D eigenvalue weighted by atomic mass is 10.2. The number of amides is 1. The molecule has 0 saturated carbocycles. The molecule has 0 unspecified atom stereocenters. The fourth-order valence-electron chi connectivity index (χ4n) is 2.44. The van der Waals surface area contributed by atoms with Gasteiger partial charge < -0.3 is 19.9 Å². The molecule has 1 atom stereocenters. The van der Waals surface area contributed by atoms with Crippen LogP contribution in [0.4, 0.5) is 0 Å². The van der Waals surface area contributed by atoms with E-state index < -0.39 is 6.10 Å². The summed E-state index contributed by atoms with van der Waals surface area (Å²) in [6.45, 7) is 2.10. The van der Waals surface area contributed by atoms with E-state index in [1.807, 2.05) is 25.1 Å². The van der Waals surface area contributed by atoms with Crippen LogP contribution in [0.1, 0.15) is 15.4 Å². The Bertz CT molecular complexity index is 909. The zero-order valence-corrected chi connectivity index (χ0v) is 15.4. The van der Waals surface area contributed by atoms with E-state index >= 15 is 0 Å². The molecular formula is C19H20N2O4S. The molecule has 0 fully saturated rings. The molecule has 3 rings (SSSR count). The second-order valence-corrected chi connectivity index (χ2v) is 7.00. The minimum absolute atomic E-state index is 0.0700. The number of aliphatic hydroxyl groups excluding tert-OH is 1. The van der Waals surface area contributed by atoms with Crippen molar-refractivity contribution in [2.75, 3.05) is 20.3 Å². The van der Waals surface area contributed by atoms with Gasteiger partial charge in [-0.05, 0) is 37.3 Å². The number of thiazole rings is 1. The van der Waals surface area contributed by atoms with Crippen LogP contribution in [-0.2, 0) is 0 Å². The van der Waals surface area contributed by atoms with Crippen molar-refractivity contribution in [3.8, 4) is 11.5 Å². The Kier molecular flexibility index (Phi) is 5.70. The normalized spacial score (nSPS) is 12.0. The zero-order valence-electron chi connectivity index (χ0n) is 14.6. The van der Waals surface area contributed by atoms with E-state index in [1.54, 1.807) is 42.7 Å². The molecule has 3 aromatic rings. The van der Waals surface area contributed by atoms with Gasteiger partial charge in [-0.3, -0.25) is 4.79 Å². The molecule has 0 aliphatic carbocycles. The summed E-state index contributed by atoms with van der Waals surface area (Å²) in [5.74, 6) is 1.04. The summed E-state index contributed by atoms with van der Waals surface area (Å²) >= 11 is 1.55. The molecule has 7 heteroatoms. The third-order valence-electron chi connectivity index (χ3n) is 3.74. The summed E-state index contributed by atoms with van der Waals surface area (Å²) in [7, 11) is 1.58. The van der Waals surface area contributed by atoms with Crippen molar-refractivity contribution in [2.24, 2.45) is 0 Å². The number of carbonyl (C=O) groups excluding carboxylic acids is 1. The molecule has 0 saturated heterocycles. The first-order valence-electron chi connectivity index (χ1n) is 8.15. The Morgan fingerprint density at radius 3 is 2.88 bits per heavy atom. The number of nitrogens with one attached hydrogen (secondary N) is 1. The fourth-order valence-corrected chi connectivity index (χ4v) is 3.30. The fraction of sp³-hybridized carbons (Fsp3) is 0.263. The van der Waals surface area contributed by atoms with E-state index in [0.29, 0.717) is 17.1 Å². The van der Waals surface area contributed by atoms with Gasteiger partial charge >= 0.3 is 0 Å². The van der Waals surface area contributed by atoms with Crippen molar-refractivity contribution < 1.29 is 19.4 Å². The van der Waals surface area contributed by atoms with Crippen LogP contribution in [0, 0.1) is 6.92 Å². The molecule has 1 heterocycles. The average molecular weight is 372 g/mol. The summed E-state index contributed by atoms with van der Waals surface area (Å²) < 4.78 is 11.6. The van der Waals surface area contributed by atoms with Gasteiger partial charge in [0.25, 0.3) is 5.91 Å². The molecule has 2 aromatic carbocycles. The summed E-state index contributed by atoms with van der Waals surface area (Å²) in [5.41, 5.74) is 1.43. The number of aliphatic hydroxyl groups is 1. The molecule has 1 aromatic heterocycles. The molecule has 0 aliphatic heterocycles. The number of hydrogen-bond acceptors (Lipinski definition) is 6. The number of ether oxygens (including phenoxy) is 2. The zero-order chi connectivity index (χ0) is 18.5. The van der Waals surface area contributed by atoms with Crippen molar-refractivity contribution in [2.45, 2.75) is 13.0 Å². The first kappa shape index (κ1) is 18.2. The number of aromatic nitrogens is 1. The van der Waals surface area contributed by atoms with E-state index in [0.717, 1.165) is 15.2 Å². The number of methoxy groups -OCH3 is 1. The highest BCUT2D eigenvalue weighted by Crippen LogP contribution is 2.22. The van der Waals surface area contributed by atoms with Gasteiger partial charge in [0.15, 0.2) is 0 Å². The summed E-state index contributed by atoms with van der Waals surface area (Å²) in [5, 5.41) is 13.7. The van der Waals surface area contributed by atoms with Gasteiger partial charge in [0.1, 0.15) is 24.2 Å². The SMILES string of the molecule is COc1cccc(OC[C@@H](O)CNC(=O)c2ccc3nc(C)sc3c2)c1. The van der Waals surface area contributed by atoms with Crippen LogP contribution in [0.5, 0.6) is 11.5 Å². The Labute approximate surface area is 155 Å². The Hall–Kier alpha value is -2.64. The predicted octanol–water partition coefficient (Wildman–Crippen LogP) is 2.78. The van der Waals surface area contributed by atoms with Crippen LogP contribution in [0.3, 0.4) is 0 Å². The molecule has 2 N–H and O–H groups in total. The van der Waals surface area contributed by atoms with Crippen molar-refractivity contribution in [1.29, 1.82) is 0 Å². The number of aryl methyl sites for hydroxylation is 1. The van der Waals surface area contributed by atoms with Crippen molar-refractivity contribution in [3.05, 3.63) is 53.0 Å². The van der Waals surface area contributed by atoms with Gasteiger partial charge in [-0.25, -0.2) is 4.98 Å². The van der Waals surface area contributed by atoms with Crippen molar-refractivity contribution in [3.63, 3.8) is 0 Å². The van der Waals surface area contributed by atoms with Gasteiger partial charge in [-0.2, -0.15) is 0 Å². The van der Waals surface area contributed by atoms with Crippen molar-refractivity contribution in [1.82, 2.24) is 10.3 Å². The second kappa shape index (κ2) is 8.16. The maximum absolute atomic E-state index is 12.3. The topological polar surface area (TPSA) is 80.7 Å². The first-order chi connectivity index (χ1) is 12.5. The second-order valence-electron chi connectivity index (χ2n) is 5.77. The minimum Gasteiger partial charge on any atom is -0.497 e. The highest BCUT2D eigenvalue weighted by molar-refractivity contribution is 7.18. The maximum Gasteiger partial charge on any atom is 0.251 e. The number of benzene rings is 2. The molecule has 6 nitrogen and oxygen atoms in total. The quantitative estimate of drug-likeness (QED) is 0.667. The van der Waals surface area contributed by atoms with Crippen LogP contribution < -0.4 is 14.8 Å². The van der Waals surface area contributed by atoms with Crippen LogP contribution in [0.25, 0.3) is 10.2 Å². The maximum atomic E-state index is 12.3. The van der Waals surface area contributed by atoms with Gasteiger partial charge in [0.2, 0.25) is 0 Å². The highest BCUT2D eigenvalue weighted by atomic mass is 32.1. The standard InChI is InChI=1S/C19H20N2O4S/c1-12-21-17-7-6-13(8-18(17)26-12)19(23)20-10-14(22)11-25-16-5-3-4-15(9-16)24-2/h3-9,14,22H,10-11H2,1-2H3,(H,20,23)/t14-/m0/s1. The highest BCUT2D eigenvalue weighted by Gasteiger charge is 2.11. The molecule has 0 spiro atoms. The molecule has 0 radical (unpaired) electrons. The van der Waals surface area contributed by atoms with E-state index in [2.05, 4.69) is 10.3 Å². The lowest BCUT2D eigenvalue weighted by Gasteiger charge is -2.14. The number of hydrogen-bond donors (Lipinski definition) is 2. The number of rotatable bonds is 7.